The van der Waals surface area contributed by atoms with E-state index in [0.29, 0.717) is 5.92 Å². The molecule has 0 amide bonds. The van der Waals surface area contributed by atoms with E-state index in [0.717, 1.165) is 15.6 Å². The highest BCUT2D eigenvalue weighted by Gasteiger charge is 2.11. The standard InChI is InChI=1S/C11H9BrF/c1-3-9-10(8(2)7-13)5-4-6-11(9)12/h1,4-6H,7H2,2H3. The molecule has 0 aromatic heterocycles. The number of alkyl halides is 1. The van der Waals surface area contributed by atoms with Gasteiger partial charge in [0.05, 0.1) is 6.67 Å². The number of halogens is 2. The van der Waals surface area contributed by atoms with Crippen molar-refractivity contribution in [3.8, 4) is 12.3 Å². The molecule has 0 saturated heterocycles. The molecule has 0 aliphatic rings. The van der Waals surface area contributed by atoms with Crippen LogP contribution in [0.15, 0.2) is 22.7 Å². The molecule has 0 aliphatic carbocycles. The third-order valence-electron chi connectivity index (χ3n) is 1.82. The molecule has 0 saturated carbocycles. The molecule has 0 atom stereocenters. The van der Waals surface area contributed by atoms with E-state index >= 15 is 0 Å². The Bertz CT molecular complexity index is 338. The number of rotatable bonds is 2. The Kier molecular flexibility index (Phi) is 3.50. The Balaban J connectivity index is 3.22. The third-order valence-corrected chi connectivity index (χ3v) is 2.48. The predicted molar refractivity (Wildman–Crippen MR) is 56.1 cm³/mol. The van der Waals surface area contributed by atoms with Gasteiger partial charge in [0.1, 0.15) is 0 Å². The Hall–Kier alpha value is -0.810. The Morgan fingerprint density at radius 3 is 2.85 bits per heavy atom. The van der Waals surface area contributed by atoms with Gasteiger partial charge in [0, 0.05) is 16.0 Å². The first-order valence-electron chi connectivity index (χ1n) is 3.84. The molecule has 13 heavy (non-hydrogen) atoms. The SMILES string of the molecule is C#Cc1c(Br)cccc1[C](C)CF. The summed E-state index contributed by atoms with van der Waals surface area (Å²) in [7, 11) is 0. The molecule has 1 radical (unpaired) electrons. The van der Waals surface area contributed by atoms with Crippen LogP contribution < -0.4 is 0 Å². The highest BCUT2D eigenvalue weighted by Crippen LogP contribution is 2.25. The minimum absolute atomic E-state index is 0.467. The minimum Gasteiger partial charge on any atom is -0.250 e. The van der Waals surface area contributed by atoms with Crippen LogP contribution in [0, 0.1) is 18.3 Å². The quantitative estimate of drug-likeness (QED) is 0.695. The van der Waals surface area contributed by atoms with Gasteiger partial charge in [-0.15, -0.1) is 6.42 Å². The monoisotopic (exact) mass is 239 g/mol. The molecule has 1 rings (SSSR count). The first-order valence-corrected chi connectivity index (χ1v) is 4.64. The van der Waals surface area contributed by atoms with Gasteiger partial charge in [-0.3, -0.25) is 4.39 Å². The lowest BCUT2D eigenvalue weighted by molar-refractivity contribution is 0.516. The highest BCUT2D eigenvalue weighted by atomic mass is 79.9. The summed E-state index contributed by atoms with van der Waals surface area (Å²) >= 11 is 3.33. The van der Waals surface area contributed by atoms with E-state index < -0.39 is 6.67 Å². The lowest BCUT2D eigenvalue weighted by atomic mass is 9.97. The van der Waals surface area contributed by atoms with Crippen LogP contribution in [0.3, 0.4) is 0 Å². The van der Waals surface area contributed by atoms with Gasteiger partial charge in [-0.2, -0.15) is 0 Å². The molecule has 0 aliphatic heterocycles. The van der Waals surface area contributed by atoms with E-state index in [2.05, 4.69) is 21.9 Å². The average Bonchev–Trinajstić information content (AvgIpc) is 2.16. The van der Waals surface area contributed by atoms with Gasteiger partial charge in [0.25, 0.3) is 0 Å². The van der Waals surface area contributed by atoms with Crippen molar-refractivity contribution in [2.75, 3.05) is 6.67 Å². The van der Waals surface area contributed by atoms with Crippen molar-refractivity contribution in [3.63, 3.8) is 0 Å². The van der Waals surface area contributed by atoms with Gasteiger partial charge in [-0.1, -0.05) is 25.0 Å². The summed E-state index contributed by atoms with van der Waals surface area (Å²) in [5.41, 5.74) is 1.53. The van der Waals surface area contributed by atoms with Crippen molar-refractivity contribution < 1.29 is 4.39 Å². The molecule has 0 fully saturated rings. The van der Waals surface area contributed by atoms with E-state index in [1.54, 1.807) is 6.92 Å². The molecule has 0 nitrogen and oxygen atoms in total. The van der Waals surface area contributed by atoms with Crippen LogP contribution in [-0.4, -0.2) is 6.67 Å². The molecule has 0 N–H and O–H groups in total. The van der Waals surface area contributed by atoms with Crippen molar-refractivity contribution >= 4 is 15.9 Å². The summed E-state index contributed by atoms with van der Waals surface area (Å²) in [5.74, 6) is 3.21. The van der Waals surface area contributed by atoms with Crippen molar-refractivity contribution in [1.29, 1.82) is 0 Å². The fourth-order valence-corrected chi connectivity index (χ4v) is 1.58. The van der Waals surface area contributed by atoms with Crippen LogP contribution in [0.4, 0.5) is 4.39 Å². The van der Waals surface area contributed by atoms with Crippen LogP contribution in [0.25, 0.3) is 0 Å². The van der Waals surface area contributed by atoms with E-state index in [1.807, 2.05) is 18.2 Å². The van der Waals surface area contributed by atoms with Crippen molar-refractivity contribution in [3.05, 3.63) is 39.7 Å². The molecule has 0 bridgehead atoms. The number of terminal acetylenes is 1. The molecule has 0 unspecified atom stereocenters. The maximum atomic E-state index is 12.4. The van der Waals surface area contributed by atoms with Crippen molar-refractivity contribution in [2.45, 2.75) is 6.92 Å². The normalized spacial score (nSPS) is 10.1. The number of hydrogen-bond donors (Lipinski definition) is 0. The van der Waals surface area contributed by atoms with Crippen molar-refractivity contribution in [2.24, 2.45) is 0 Å². The summed E-state index contributed by atoms with van der Waals surface area (Å²) in [6, 6.07) is 5.53. The molecular formula is C11H9BrF. The molecular weight excluding hydrogens is 231 g/mol. The lowest BCUT2D eigenvalue weighted by Crippen LogP contribution is -2.00. The molecule has 1 aromatic carbocycles. The first kappa shape index (κ1) is 10.3. The highest BCUT2D eigenvalue weighted by molar-refractivity contribution is 9.10. The largest absolute Gasteiger partial charge is 0.250 e. The maximum Gasteiger partial charge on any atom is 0.0998 e. The topological polar surface area (TPSA) is 0 Å². The van der Waals surface area contributed by atoms with Crippen LogP contribution in [0.1, 0.15) is 18.1 Å². The molecule has 67 valence electrons. The summed E-state index contributed by atoms with van der Waals surface area (Å²) in [6.07, 6.45) is 5.33. The van der Waals surface area contributed by atoms with Gasteiger partial charge in [-0.05, 0) is 27.6 Å². The zero-order valence-electron chi connectivity index (χ0n) is 7.27. The van der Waals surface area contributed by atoms with E-state index in [1.165, 1.54) is 0 Å². The molecule has 2 heteroatoms. The summed E-state index contributed by atoms with van der Waals surface area (Å²) < 4.78 is 13.2. The Morgan fingerprint density at radius 2 is 2.31 bits per heavy atom. The Morgan fingerprint density at radius 1 is 1.62 bits per heavy atom. The van der Waals surface area contributed by atoms with Crippen LogP contribution in [-0.2, 0) is 0 Å². The van der Waals surface area contributed by atoms with Crippen LogP contribution in [0.2, 0.25) is 0 Å². The van der Waals surface area contributed by atoms with E-state index in [9.17, 15) is 4.39 Å². The van der Waals surface area contributed by atoms with E-state index in [-0.39, 0.29) is 0 Å². The average molecular weight is 240 g/mol. The molecule has 0 spiro atoms. The zero-order chi connectivity index (χ0) is 9.84. The van der Waals surface area contributed by atoms with Crippen LogP contribution >= 0.6 is 15.9 Å². The second-order valence-corrected chi connectivity index (χ2v) is 3.58. The fraction of sp³-hybridized carbons (Fsp3) is 0.182. The maximum absolute atomic E-state index is 12.4. The number of hydrogen-bond acceptors (Lipinski definition) is 0. The summed E-state index contributed by atoms with van der Waals surface area (Å²) in [6.45, 7) is 1.27. The predicted octanol–water partition coefficient (Wildman–Crippen LogP) is 3.34. The van der Waals surface area contributed by atoms with Gasteiger partial charge in [0.2, 0.25) is 0 Å². The number of benzene rings is 1. The lowest BCUT2D eigenvalue weighted by Gasteiger charge is -2.10. The smallest absolute Gasteiger partial charge is 0.0998 e. The van der Waals surface area contributed by atoms with E-state index in [4.69, 9.17) is 6.42 Å². The fourth-order valence-electron chi connectivity index (χ4n) is 1.10. The van der Waals surface area contributed by atoms with Crippen molar-refractivity contribution in [1.82, 2.24) is 0 Å². The van der Waals surface area contributed by atoms with Crippen LogP contribution in [0.5, 0.6) is 0 Å². The minimum atomic E-state index is -0.467. The Labute approximate surface area is 86.3 Å². The second-order valence-electron chi connectivity index (χ2n) is 2.72. The first-order chi connectivity index (χ1) is 6.20. The molecule has 1 aromatic rings. The third kappa shape index (κ3) is 2.10. The molecule has 0 heterocycles. The zero-order valence-corrected chi connectivity index (χ0v) is 8.86. The second kappa shape index (κ2) is 4.43. The van der Waals surface area contributed by atoms with Gasteiger partial charge in [0.15, 0.2) is 0 Å². The summed E-state index contributed by atoms with van der Waals surface area (Å²) in [5, 5.41) is 0. The van der Waals surface area contributed by atoms with Gasteiger partial charge in [-0.25, -0.2) is 0 Å². The van der Waals surface area contributed by atoms with Gasteiger partial charge >= 0.3 is 0 Å². The van der Waals surface area contributed by atoms with Gasteiger partial charge < -0.3 is 0 Å². The summed E-state index contributed by atoms with van der Waals surface area (Å²) in [4.78, 5) is 0.